The number of carboxylic acid groups (broad SMARTS) is 1. The molecule has 1 aromatic rings. The summed E-state index contributed by atoms with van der Waals surface area (Å²) >= 11 is 0. The third kappa shape index (κ3) is 4.18. The van der Waals surface area contributed by atoms with E-state index in [1.807, 2.05) is 32.0 Å². The number of aryl methyl sites for hydroxylation is 1. The highest BCUT2D eigenvalue weighted by molar-refractivity contribution is 6.00. The highest BCUT2D eigenvalue weighted by atomic mass is 16.4. The van der Waals surface area contributed by atoms with Crippen LogP contribution in [0.25, 0.3) is 0 Å². The molecule has 25 heavy (non-hydrogen) atoms. The Balaban J connectivity index is 1.97. The number of aliphatic carboxylic acids is 1. The van der Waals surface area contributed by atoms with Gasteiger partial charge in [-0.1, -0.05) is 12.1 Å². The Morgan fingerprint density at radius 1 is 1.32 bits per heavy atom. The average Bonchev–Trinajstić information content (AvgIpc) is 2.91. The molecular formula is C19H26N2O4. The minimum atomic E-state index is -0.890. The molecule has 0 radical (unpaired) electrons. The molecule has 1 unspecified atom stereocenters. The number of nitrogens with one attached hydrogen (secondary N) is 1. The lowest BCUT2D eigenvalue weighted by molar-refractivity contribution is -0.147. The van der Waals surface area contributed by atoms with Crippen molar-refractivity contribution >= 4 is 23.5 Å². The van der Waals surface area contributed by atoms with E-state index in [4.69, 9.17) is 5.11 Å². The Morgan fingerprint density at radius 3 is 2.64 bits per heavy atom. The number of carbonyl (C=O) groups excluding carboxylic acids is 2. The van der Waals surface area contributed by atoms with Gasteiger partial charge in [-0.3, -0.25) is 14.4 Å². The van der Waals surface area contributed by atoms with Gasteiger partial charge in [-0.2, -0.15) is 0 Å². The third-order valence-electron chi connectivity index (χ3n) is 4.99. The van der Waals surface area contributed by atoms with Crippen molar-refractivity contribution in [3.63, 3.8) is 0 Å². The van der Waals surface area contributed by atoms with E-state index in [9.17, 15) is 14.4 Å². The van der Waals surface area contributed by atoms with Gasteiger partial charge in [0, 0.05) is 25.2 Å². The van der Waals surface area contributed by atoms with Crippen LogP contribution in [0.1, 0.15) is 37.8 Å². The van der Waals surface area contributed by atoms with Crippen molar-refractivity contribution in [3.8, 4) is 0 Å². The van der Waals surface area contributed by atoms with Gasteiger partial charge in [-0.25, -0.2) is 0 Å². The molecule has 0 spiro atoms. The van der Waals surface area contributed by atoms with Gasteiger partial charge in [0.15, 0.2) is 0 Å². The largest absolute Gasteiger partial charge is 0.481 e. The van der Waals surface area contributed by atoms with E-state index in [2.05, 4.69) is 5.32 Å². The van der Waals surface area contributed by atoms with Crippen molar-refractivity contribution in [2.75, 3.05) is 18.0 Å². The van der Waals surface area contributed by atoms with Gasteiger partial charge in [-0.15, -0.1) is 0 Å². The molecule has 0 saturated carbocycles. The molecule has 6 nitrogen and oxygen atoms in total. The van der Waals surface area contributed by atoms with Crippen LogP contribution in [0.2, 0.25) is 0 Å². The number of nitrogens with zero attached hydrogens (tertiary/aromatic N) is 1. The summed E-state index contributed by atoms with van der Waals surface area (Å²) in [4.78, 5) is 37.4. The third-order valence-corrected chi connectivity index (χ3v) is 4.99. The summed E-state index contributed by atoms with van der Waals surface area (Å²) in [6.45, 7) is 7.86. The lowest BCUT2D eigenvalue weighted by atomic mass is 9.89. The van der Waals surface area contributed by atoms with E-state index < -0.39 is 17.3 Å². The molecule has 0 aromatic heterocycles. The summed E-state index contributed by atoms with van der Waals surface area (Å²) in [6, 6.07) is 5.80. The summed E-state index contributed by atoms with van der Waals surface area (Å²) in [7, 11) is 0. The maximum atomic E-state index is 12.3. The zero-order chi connectivity index (χ0) is 18.8. The van der Waals surface area contributed by atoms with Crippen LogP contribution in [0.5, 0.6) is 0 Å². The van der Waals surface area contributed by atoms with E-state index in [0.29, 0.717) is 13.0 Å². The van der Waals surface area contributed by atoms with Crippen LogP contribution in [-0.2, 0) is 14.4 Å². The Kier molecular flexibility index (Phi) is 5.50. The maximum absolute atomic E-state index is 12.3. The standard InChI is InChI=1S/C19H26N2O4/c1-12-6-5-7-15(13(12)2)21-11-14(10-16(21)22)17(23)20-9-8-19(3,4)18(24)25/h5-7,14H,8-11H2,1-4H3,(H,20,23)(H,24,25). The van der Waals surface area contributed by atoms with Crippen LogP contribution in [-0.4, -0.2) is 36.0 Å². The number of rotatable bonds is 6. The molecule has 1 aliphatic heterocycles. The zero-order valence-corrected chi connectivity index (χ0v) is 15.3. The first-order chi connectivity index (χ1) is 11.6. The van der Waals surface area contributed by atoms with E-state index in [1.54, 1.807) is 18.7 Å². The first-order valence-corrected chi connectivity index (χ1v) is 8.51. The molecule has 6 heteroatoms. The van der Waals surface area contributed by atoms with E-state index in [1.165, 1.54) is 0 Å². The van der Waals surface area contributed by atoms with Gasteiger partial charge in [0.1, 0.15) is 0 Å². The van der Waals surface area contributed by atoms with Crippen molar-refractivity contribution in [1.29, 1.82) is 0 Å². The number of anilines is 1. The minimum absolute atomic E-state index is 0.0558. The van der Waals surface area contributed by atoms with Crippen molar-refractivity contribution in [1.82, 2.24) is 5.32 Å². The topological polar surface area (TPSA) is 86.7 Å². The molecule has 136 valence electrons. The first kappa shape index (κ1) is 19.0. The molecule has 2 rings (SSSR count). The molecule has 1 fully saturated rings. The van der Waals surface area contributed by atoms with Gasteiger partial charge >= 0.3 is 5.97 Å². The quantitative estimate of drug-likeness (QED) is 0.827. The SMILES string of the molecule is Cc1cccc(N2CC(C(=O)NCCC(C)(C)C(=O)O)CC2=O)c1C. The zero-order valence-electron chi connectivity index (χ0n) is 15.3. The van der Waals surface area contributed by atoms with Gasteiger partial charge in [-0.05, 0) is 51.3 Å². The first-order valence-electron chi connectivity index (χ1n) is 8.51. The summed E-state index contributed by atoms with van der Waals surface area (Å²) in [5, 5.41) is 11.9. The highest BCUT2D eigenvalue weighted by Crippen LogP contribution is 2.29. The van der Waals surface area contributed by atoms with Crippen molar-refractivity contribution in [2.45, 2.75) is 40.5 Å². The minimum Gasteiger partial charge on any atom is -0.481 e. The van der Waals surface area contributed by atoms with Crippen LogP contribution >= 0.6 is 0 Å². The number of benzene rings is 1. The fourth-order valence-electron chi connectivity index (χ4n) is 2.89. The molecule has 2 N–H and O–H groups in total. The van der Waals surface area contributed by atoms with Crippen molar-refractivity contribution in [3.05, 3.63) is 29.3 Å². The second-order valence-electron chi connectivity index (χ2n) is 7.35. The Morgan fingerprint density at radius 2 is 2.00 bits per heavy atom. The molecular weight excluding hydrogens is 320 g/mol. The molecule has 1 saturated heterocycles. The number of carboxylic acids is 1. The van der Waals surface area contributed by atoms with Gasteiger partial charge in [0.05, 0.1) is 11.3 Å². The number of amides is 2. The summed E-state index contributed by atoms with van der Waals surface area (Å²) < 4.78 is 0. The normalized spacial score (nSPS) is 17.7. The second-order valence-corrected chi connectivity index (χ2v) is 7.35. The van der Waals surface area contributed by atoms with Crippen LogP contribution in [0, 0.1) is 25.2 Å². The van der Waals surface area contributed by atoms with E-state index >= 15 is 0 Å². The average molecular weight is 346 g/mol. The van der Waals surface area contributed by atoms with Gasteiger partial charge in [0.2, 0.25) is 11.8 Å². The monoisotopic (exact) mass is 346 g/mol. The fraction of sp³-hybridized carbons (Fsp3) is 0.526. The fourth-order valence-corrected chi connectivity index (χ4v) is 2.89. The summed E-state index contributed by atoms with van der Waals surface area (Å²) in [6.07, 6.45) is 0.525. The molecule has 0 bridgehead atoms. The van der Waals surface area contributed by atoms with Crippen molar-refractivity contribution in [2.24, 2.45) is 11.3 Å². The summed E-state index contributed by atoms with van der Waals surface area (Å²) in [5.41, 5.74) is 2.12. The lowest BCUT2D eigenvalue weighted by Gasteiger charge is -2.21. The molecule has 1 aliphatic rings. The molecule has 2 amide bonds. The van der Waals surface area contributed by atoms with Gasteiger partial charge in [0.25, 0.3) is 0 Å². The van der Waals surface area contributed by atoms with E-state index in [-0.39, 0.29) is 24.8 Å². The molecule has 1 atom stereocenters. The number of hydrogen-bond acceptors (Lipinski definition) is 3. The highest BCUT2D eigenvalue weighted by Gasteiger charge is 2.36. The Labute approximate surface area is 148 Å². The van der Waals surface area contributed by atoms with Crippen molar-refractivity contribution < 1.29 is 19.5 Å². The smallest absolute Gasteiger partial charge is 0.309 e. The molecule has 1 heterocycles. The predicted octanol–water partition coefficient (Wildman–Crippen LogP) is 2.27. The molecule has 1 aromatic carbocycles. The maximum Gasteiger partial charge on any atom is 0.309 e. The van der Waals surface area contributed by atoms with Crippen LogP contribution in [0.15, 0.2) is 18.2 Å². The number of carbonyl (C=O) groups is 3. The summed E-state index contributed by atoms with van der Waals surface area (Å²) in [5.74, 6) is -1.54. The van der Waals surface area contributed by atoms with Crippen LogP contribution in [0.4, 0.5) is 5.69 Å². The van der Waals surface area contributed by atoms with Crippen LogP contribution < -0.4 is 10.2 Å². The predicted molar refractivity (Wildman–Crippen MR) is 95.4 cm³/mol. The van der Waals surface area contributed by atoms with Crippen LogP contribution in [0.3, 0.4) is 0 Å². The Hall–Kier alpha value is -2.37. The lowest BCUT2D eigenvalue weighted by Crippen LogP contribution is -2.36. The second kappa shape index (κ2) is 7.25. The van der Waals surface area contributed by atoms with E-state index in [0.717, 1.165) is 16.8 Å². The Bertz CT molecular complexity index is 697. The molecule has 0 aliphatic carbocycles. The number of hydrogen-bond donors (Lipinski definition) is 2. The van der Waals surface area contributed by atoms with Gasteiger partial charge < -0.3 is 15.3 Å².